The second kappa shape index (κ2) is 5.28. The van der Waals surface area contributed by atoms with E-state index in [2.05, 4.69) is 5.32 Å². The van der Waals surface area contributed by atoms with E-state index in [0.29, 0.717) is 12.0 Å². The molecule has 1 rings (SSSR count). The van der Waals surface area contributed by atoms with Crippen molar-refractivity contribution in [2.75, 3.05) is 26.8 Å². The number of aliphatic hydroxyl groups is 1. The summed E-state index contributed by atoms with van der Waals surface area (Å²) in [6.45, 7) is 6.46. The lowest BCUT2D eigenvalue weighted by Crippen LogP contribution is -2.39. The number of hydrogen-bond acceptors (Lipinski definition) is 3. The van der Waals surface area contributed by atoms with E-state index >= 15 is 0 Å². The SMILES string of the molecule is CCC(C)(O)CNCC1(CCOC)CC1. The lowest BCUT2D eigenvalue weighted by molar-refractivity contribution is 0.0539. The fraction of sp³-hybridized carbons (Fsp3) is 1.00. The smallest absolute Gasteiger partial charge is 0.0740 e. The summed E-state index contributed by atoms with van der Waals surface area (Å²) in [5.41, 5.74) is -0.0861. The highest BCUT2D eigenvalue weighted by Gasteiger charge is 2.41. The summed E-state index contributed by atoms with van der Waals surface area (Å²) in [6, 6.07) is 0. The van der Waals surface area contributed by atoms with Crippen LogP contribution in [0, 0.1) is 5.41 Å². The summed E-state index contributed by atoms with van der Waals surface area (Å²) < 4.78 is 5.11. The molecule has 0 amide bonds. The Labute approximate surface area is 93.2 Å². The van der Waals surface area contributed by atoms with Gasteiger partial charge in [-0.15, -0.1) is 0 Å². The van der Waals surface area contributed by atoms with Crippen molar-refractivity contribution in [1.82, 2.24) is 5.32 Å². The van der Waals surface area contributed by atoms with Crippen LogP contribution in [0.15, 0.2) is 0 Å². The van der Waals surface area contributed by atoms with Gasteiger partial charge in [0.2, 0.25) is 0 Å². The molecule has 1 aliphatic rings. The van der Waals surface area contributed by atoms with Gasteiger partial charge in [-0.3, -0.25) is 0 Å². The summed E-state index contributed by atoms with van der Waals surface area (Å²) in [5, 5.41) is 13.2. The van der Waals surface area contributed by atoms with E-state index in [1.807, 2.05) is 13.8 Å². The molecule has 0 aliphatic heterocycles. The maximum atomic E-state index is 9.83. The van der Waals surface area contributed by atoms with Gasteiger partial charge in [0.05, 0.1) is 5.60 Å². The van der Waals surface area contributed by atoms with Gasteiger partial charge in [0, 0.05) is 26.8 Å². The minimum absolute atomic E-state index is 0.472. The van der Waals surface area contributed by atoms with Crippen LogP contribution in [0.1, 0.15) is 39.5 Å². The zero-order valence-corrected chi connectivity index (χ0v) is 10.3. The van der Waals surface area contributed by atoms with Gasteiger partial charge in [-0.25, -0.2) is 0 Å². The van der Waals surface area contributed by atoms with Crippen molar-refractivity contribution in [2.24, 2.45) is 5.41 Å². The normalized spacial score (nSPS) is 22.4. The molecule has 0 heterocycles. The number of rotatable bonds is 8. The summed E-state index contributed by atoms with van der Waals surface area (Å²) in [7, 11) is 1.76. The molecule has 1 aliphatic carbocycles. The van der Waals surface area contributed by atoms with E-state index in [9.17, 15) is 5.11 Å². The molecule has 90 valence electrons. The molecule has 15 heavy (non-hydrogen) atoms. The van der Waals surface area contributed by atoms with Crippen LogP contribution in [0.3, 0.4) is 0 Å². The molecule has 0 bridgehead atoms. The van der Waals surface area contributed by atoms with Crippen LogP contribution in [0.2, 0.25) is 0 Å². The molecular weight excluding hydrogens is 190 g/mol. The molecule has 1 fully saturated rings. The van der Waals surface area contributed by atoms with Crippen LogP contribution in [-0.4, -0.2) is 37.5 Å². The van der Waals surface area contributed by atoms with Gasteiger partial charge in [-0.2, -0.15) is 0 Å². The molecule has 0 aromatic rings. The van der Waals surface area contributed by atoms with Gasteiger partial charge in [-0.05, 0) is 38.0 Å². The average molecular weight is 215 g/mol. The highest BCUT2D eigenvalue weighted by molar-refractivity contribution is 4.95. The standard InChI is InChI=1S/C12H25NO2/c1-4-11(2,14)9-13-10-12(5-6-12)7-8-15-3/h13-14H,4-10H2,1-3H3. The van der Waals surface area contributed by atoms with E-state index in [1.54, 1.807) is 7.11 Å². The molecule has 0 radical (unpaired) electrons. The third kappa shape index (κ3) is 4.49. The zero-order valence-electron chi connectivity index (χ0n) is 10.3. The topological polar surface area (TPSA) is 41.5 Å². The molecule has 1 saturated carbocycles. The van der Waals surface area contributed by atoms with Crippen molar-refractivity contribution in [3.63, 3.8) is 0 Å². The minimum Gasteiger partial charge on any atom is -0.389 e. The molecule has 0 saturated heterocycles. The lowest BCUT2D eigenvalue weighted by atomic mass is 10.0. The van der Waals surface area contributed by atoms with Crippen molar-refractivity contribution in [3.8, 4) is 0 Å². The molecule has 0 aromatic carbocycles. The van der Waals surface area contributed by atoms with E-state index in [1.165, 1.54) is 12.8 Å². The average Bonchev–Trinajstić information content (AvgIpc) is 2.96. The maximum absolute atomic E-state index is 9.83. The Kier molecular flexibility index (Phi) is 4.56. The molecule has 0 spiro atoms. The van der Waals surface area contributed by atoms with E-state index in [4.69, 9.17) is 4.74 Å². The first kappa shape index (κ1) is 12.9. The van der Waals surface area contributed by atoms with Crippen LogP contribution in [0.4, 0.5) is 0 Å². The van der Waals surface area contributed by atoms with Crippen molar-refractivity contribution in [3.05, 3.63) is 0 Å². The third-order valence-electron chi connectivity index (χ3n) is 3.56. The molecule has 3 nitrogen and oxygen atoms in total. The van der Waals surface area contributed by atoms with Crippen LogP contribution in [-0.2, 0) is 4.74 Å². The van der Waals surface area contributed by atoms with Gasteiger partial charge in [0.25, 0.3) is 0 Å². The highest BCUT2D eigenvalue weighted by Crippen LogP contribution is 2.48. The van der Waals surface area contributed by atoms with E-state index in [-0.39, 0.29) is 0 Å². The van der Waals surface area contributed by atoms with Gasteiger partial charge in [-0.1, -0.05) is 6.92 Å². The molecule has 1 atom stereocenters. The fourth-order valence-corrected chi connectivity index (χ4v) is 1.73. The quantitative estimate of drug-likeness (QED) is 0.645. The second-order valence-electron chi connectivity index (χ2n) is 5.20. The molecule has 3 heteroatoms. The Morgan fingerprint density at radius 3 is 2.60 bits per heavy atom. The van der Waals surface area contributed by atoms with Crippen LogP contribution in [0.25, 0.3) is 0 Å². The number of hydrogen-bond donors (Lipinski definition) is 2. The number of nitrogens with one attached hydrogen (secondary N) is 1. The largest absolute Gasteiger partial charge is 0.389 e. The first-order chi connectivity index (χ1) is 7.04. The Balaban J connectivity index is 2.14. The first-order valence-corrected chi connectivity index (χ1v) is 5.96. The third-order valence-corrected chi connectivity index (χ3v) is 3.56. The summed E-state index contributed by atoms with van der Waals surface area (Å²) >= 11 is 0. The summed E-state index contributed by atoms with van der Waals surface area (Å²) in [5.74, 6) is 0. The maximum Gasteiger partial charge on any atom is 0.0740 e. The monoisotopic (exact) mass is 215 g/mol. The van der Waals surface area contributed by atoms with Crippen molar-refractivity contribution >= 4 is 0 Å². The Bertz CT molecular complexity index is 188. The Hall–Kier alpha value is -0.120. The lowest BCUT2D eigenvalue weighted by Gasteiger charge is -2.24. The van der Waals surface area contributed by atoms with Gasteiger partial charge >= 0.3 is 0 Å². The minimum atomic E-state index is -0.558. The first-order valence-electron chi connectivity index (χ1n) is 5.96. The van der Waals surface area contributed by atoms with Gasteiger partial charge in [0.15, 0.2) is 0 Å². The Morgan fingerprint density at radius 1 is 1.47 bits per heavy atom. The fourth-order valence-electron chi connectivity index (χ4n) is 1.73. The zero-order chi connectivity index (χ0) is 11.4. The predicted octanol–water partition coefficient (Wildman–Crippen LogP) is 1.55. The van der Waals surface area contributed by atoms with E-state index < -0.39 is 5.60 Å². The highest BCUT2D eigenvalue weighted by atomic mass is 16.5. The molecule has 2 N–H and O–H groups in total. The van der Waals surface area contributed by atoms with Crippen LogP contribution in [0.5, 0.6) is 0 Å². The van der Waals surface area contributed by atoms with Crippen molar-refractivity contribution < 1.29 is 9.84 Å². The molecule has 0 aromatic heterocycles. The molecule has 1 unspecified atom stereocenters. The van der Waals surface area contributed by atoms with Crippen molar-refractivity contribution in [2.45, 2.75) is 45.1 Å². The summed E-state index contributed by atoms with van der Waals surface area (Å²) in [6.07, 6.45) is 4.55. The van der Waals surface area contributed by atoms with Crippen molar-refractivity contribution in [1.29, 1.82) is 0 Å². The Morgan fingerprint density at radius 2 is 2.13 bits per heavy atom. The van der Waals surface area contributed by atoms with Crippen LogP contribution < -0.4 is 5.32 Å². The summed E-state index contributed by atoms with van der Waals surface area (Å²) in [4.78, 5) is 0. The van der Waals surface area contributed by atoms with Gasteiger partial charge in [0.1, 0.15) is 0 Å². The number of ether oxygens (including phenoxy) is 1. The molecular formula is C12H25NO2. The van der Waals surface area contributed by atoms with E-state index in [0.717, 1.165) is 26.0 Å². The second-order valence-corrected chi connectivity index (χ2v) is 5.20. The van der Waals surface area contributed by atoms with Crippen LogP contribution >= 0.6 is 0 Å². The number of methoxy groups -OCH3 is 1. The van der Waals surface area contributed by atoms with Gasteiger partial charge < -0.3 is 15.2 Å². The predicted molar refractivity (Wildman–Crippen MR) is 61.9 cm³/mol.